The summed E-state index contributed by atoms with van der Waals surface area (Å²) >= 11 is 8.91. The molecule has 2 N–H and O–H groups in total. The Morgan fingerprint density at radius 1 is 1.62 bits per heavy atom. The molecular weight excluding hydrogens is 251 g/mol. The van der Waals surface area contributed by atoms with Crippen LogP contribution in [0.4, 0.5) is 5.69 Å². The van der Waals surface area contributed by atoms with Crippen molar-refractivity contribution in [1.29, 1.82) is 0 Å². The third-order valence-corrected chi connectivity index (χ3v) is 2.41. The monoisotopic (exact) mass is 260 g/mol. The Hall–Kier alpha value is -0.540. The highest BCUT2D eigenvalue weighted by molar-refractivity contribution is 9.10. The zero-order chi connectivity index (χ0) is 9.84. The van der Waals surface area contributed by atoms with Crippen LogP contribution in [0, 0.1) is 6.92 Å². The highest BCUT2D eigenvalue weighted by Crippen LogP contribution is 2.25. The number of aliphatic imine (C=N–C) groups is 1. The molecular formula is C9H10BrClN2. The first-order valence-corrected chi connectivity index (χ1v) is 5.11. The summed E-state index contributed by atoms with van der Waals surface area (Å²) in [5.41, 5.74) is 7.49. The number of alkyl halides is 1. The molecule has 0 saturated heterocycles. The Labute approximate surface area is 90.9 Å². The number of halogens is 2. The van der Waals surface area contributed by atoms with E-state index < -0.39 is 0 Å². The minimum Gasteiger partial charge on any atom is -0.386 e. The highest BCUT2D eigenvalue weighted by Gasteiger charge is 1.98. The predicted octanol–water partition coefficient (Wildman–Crippen LogP) is 2.99. The number of hydrogen-bond acceptors (Lipinski definition) is 1. The molecule has 0 spiro atoms. The van der Waals surface area contributed by atoms with Gasteiger partial charge in [0.2, 0.25) is 0 Å². The maximum atomic E-state index is 5.51. The van der Waals surface area contributed by atoms with Crippen molar-refractivity contribution in [2.24, 2.45) is 10.7 Å². The van der Waals surface area contributed by atoms with Crippen molar-refractivity contribution in [1.82, 2.24) is 0 Å². The molecule has 1 aromatic carbocycles. The molecule has 0 amide bonds. The molecule has 0 radical (unpaired) electrons. The fraction of sp³-hybridized carbons (Fsp3) is 0.222. The molecule has 0 heterocycles. The van der Waals surface area contributed by atoms with Crippen molar-refractivity contribution in [2.45, 2.75) is 6.92 Å². The van der Waals surface area contributed by atoms with Crippen molar-refractivity contribution < 1.29 is 0 Å². The molecule has 0 fully saturated rings. The maximum Gasteiger partial charge on any atom is 0.115 e. The van der Waals surface area contributed by atoms with Gasteiger partial charge in [-0.2, -0.15) is 0 Å². The first-order valence-electron chi connectivity index (χ1n) is 3.78. The van der Waals surface area contributed by atoms with E-state index in [4.69, 9.17) is 17.3 Å². The lowest BCUT2D eigenvalue weighted by molar-refractivity contribution is 1.39. The molecule has 1 aromatic rings. The van der Waals surface area contributed by atoms with Crippen LogP contribution in [-0.4, -0.2) is 11.7 Å². The van der Waals surface area contributed by atoms with Gasteiger partial charge in [-0.15, -0.1) is 11.6 Å². The molecule has 0 aliphatic rings. The zero-order valence-electron chi connectivity index (χ0n) is 7.22. The Balaban J connectivity index is 3.03. The van der Waals surface area contributed by atoms with Crippen molar-refractivity contribution in [3.63, 3.8) is 0 Å². The molecule has 0 unspecified atom stereocenters. The van der Waals surface area contributed by atoms with Crippen molar-refractivity contribution in [2.75, 3.05) is 5.88 Å². The van der Waals surface area contributed by atoms with Crippen molar-refractivity contribution >= 4 is 39.1 Å². The van der Waals surface area contributed by atoms with Gasteiger partial charge in [-0.1, -0.05) is 6.07 Å². The fourth-order valence-corrected chi connectivity index (χ4v) is 1.53. The molecule has 4 heteroatoms. The van der Waals surface area contributed by atoms with Crippen LogP contribution in [0.5, 0.6) is 0 Å². The van der Waals surface area contributed by atoms with E-state index in [0.29, 0.717) is 5.84 Å². The van der Waals surface area contributed by atoms with E-state index in [1.165, 1.54) is 5.56 Å². The van der Waals surface area contributed by atoms with Gasteiger partial charge in [0.1, 0.15) is 5.84 Å². The van der Waals surface area contributed by atoms with Crippen LogP contribution in [0.2, 0.25) is 0 Å². The second kappa shape index (κ2) is 4.63. The average molecular weight is 262 g/mol. The van der Waals surface area contributed by atoms with Crippen LogP contribution in [0.1, 0.15) is 5.56 Å². The molecule has 0 bridgehead atoms. The second-order valence-corrected chi connectivity index (χ2v) is 3.81. The van der Waals surface area contributed by atoms with Gasteiger partial charge in [0.25, 0.3) is 0 Å². The molecule has 0 saturated carbocycles. The molecule has 0 aliphatic carbocycles. The van der Waals surface area contributed by atoms with Gasteiger partial charge in [-0.25, -0.2) is 4.99 Å². The fourth-order valence-electron chi connectivity index (χ4n) is 0.887. The minimum absolute atomic E-state index is 0.250. The SMILES string of the molecule is Cc1ccc(N=C(N)CCl)c(Br)c1. The van der Waals surface area contributed by atoms with Gasteiger partial charge < -0.3 is 5.73 Å². The number of nitrogens with two attached hydrogens (primary N) is 1. The van der Waals surface area contributed by atoms with Crippen molar-refractivity contribution in [3.05, 3.63) is 28.2 Å². The number of hydrogen-bond donors (Lipinski definition) is 1. The van der Waals surface area contributed by atoms with E-state index >= 15 is 0 Å². The molecule has 70 valence electrons. The topological polar surface area (TPSA) is 38.4 Å². The number of benzene rings is 1. The minimum atomic E-state index is 0.250. The number of nitrogens with zero attached hydrogens (tertiary/aromatic N) is 1. The Morgan fingerprint density at radius 3 is 2.85 bits per heavy atom. The van der Waals surface area contributed by atoms with E-state index in [-0.39, 0.29) is 5.88 Å². The van der Waals surface area contributed by atoms with Crippen LogP contribution < -0.4 is 5.73 Å². The third kappa shape index (κ3) is 3.01. The molecule has 1 rings (SSSR count). The van der Waals surface area contributed by atoms with Gasteiger partial charge in [0, 0.05) is 4.47 Å². The summed E-state index contributed by atoms with van der Waals surface area (Å²) in [6.07, 6.45) is 0. The van der Waals surface area contributed by atoms with Gasteiger partial charge in [-0.3, -0.25) is 0 Å². The highest BCUT2D eigenvalue weighted by atomic mass is 79.9. The van der Waals surface area contributed by atoms with E-state index in [1.807, 2.05) is 25.1 Å². The summed E-state index contributed by atoms with van der Waals surface area (Å²) in [5.74, 6) is 0.673. The summed E-state index contributed by atoms with van der Waals surface area (Å²) in [4.78, 5) is 4.13. The summed E-state index contributed by atoms with van der Waals surface area (Å²) in [7, 11) is 0. The summed E-state index contributed by atoms with van der Waals surface area (Å²) in [6, 6.07) is 5.87. The van der Waals surface area contributed by atoms with Crippen LogP contribution in [0.15, 0.2) is 27.7 Å². The van der Waals surface area contributed by atoms with Crippen LogP contribution >= 0.6 is 27.5 Å². The standard InChI is InChI=1S/C9H10BrClN2/c1-6-2-3-8(7(10)4-6)13-9(12)5-11/h2-4H,5H2,1H3,(H2,12,13). The molecule has 0 aromatic heterocycles. The largest absolute Gasteiger partial charge is 0.386 e. The average Bonchev–Trinajstić information content (AvgIpc) is 2.09. The lowest BCUT2D eigenvalue weighted by atomic mass is 10.2. The second-order valence-electron chi connectivity index (χ2n) is 2.69. The lowest BCUT2D eigenvalue weighted by Gasteiger charge is -2.00. The summed E-state index contributed by atoms with van der Waals surface area (Å²) in [6.45, 7) is 2.02. The van der Waals surface area contributed by atoms with Gasteiger partial charge in [0.05, 0.1) is 11.6 Å². The Morgan fingerprint density at radius 2 is 2.31 bits per heavy atom. The van der Waals surface area contributed by atoms with Gasteiger partial charge in [0.15, 0.2) is 0 Å². The first-order chi connectivity index (χ1) is 6.13. The summed E-state index contributed by atoms with van der Waals surface area (Å²) in [5, 5.41) is 0. The van der Waals surface area contributed by atoms with Crippen LogP contribution in [-0.2, 0) is 0 Å². The number of amidine groups is 1. The molecule has 2 nitrogen and oxygen atoms in total. The lowest BCUT2D eigenvalue weighted by Crippen LogP contribution is -2.12. The van der Waals surface area contributed by atoms with E-state index in [2.05, 4.69) is 20.9 Å². The van der Waals surface area contributed by atoms with E-state index in [9.17, 15) is 0 Å². The zero-order valence-corrected chi connectivity index (χ0v) is 9.56. The third-order valence-electron chi connectivity index (χ3n) is 1.50. The van der Waals surface area contributed by atoms with E-state index in [1.54, 1.807) is 0 Å². The normalized spacial score (nSPS) is 11.8. The first kappa shape index (κ1) is 10.5. The smallest absolute Gasteiger partial charge is 0.115 e. The van der Waals surface area contributed by atoms with Crippen LogP contribution in [0.25, 0.3) is 0 Å². The Bertz CT molecular complexity index is 336. The van der Waals surface area contributed by atoms with E-state index in [0.717, 1.165) is 10.2 Å². The predicted molar refractivity (Wildman–Crippen MR) is 60.9 cm³/mol. The van der Waals surface area contributed by atoms with Crippen molar-refractivity contribution in [3.8, 4) is 0 Å². The quantitative estimate of drug-likeness (QED) is 0.496. The number of rotatable bonds is 2. The number of aryl methyl sites for hydroxylation is 1. The van der Waals surface area contributed by atoms with Crippen LogP contribution in [0.3, 0.4) is 0 Å². The summed E-state index contributed by atoms with van der Waals surface area (Å²) < 4.78 is 0.931. The molecule has 0 aliphatic heterocycles. The molecule has 13 heavy (non-hydrogen) atoms. The molecule has 0 atom stereocenters. The van der Waals surface area contributed by atoms with Gasteiger partial charge in [-0.05, 0) is 40.5 Å². The Kier molecular flexibility index (Phi) is 3.75. The maximum absolute atomic E-state index is 5.51. The van der Waals surface area contributed by atoms with Gasteiger partial charge >= 0.3 is 0 Å².